The van der Waals surface area contributed by atoms with Gasteiger partial charge >= 0.3 is 5.97 Å². The van der Waals surface area contributed by atoms with Gasteiger partial charge in [0, 0.05) is 17.6 Å². The van der Waals surface area contributed by atoms with Crippen LogP contribution in [0.3, 0.4) is 0 Å². The molecule has 0 radical (unpaired) electrons. The fourth-order valence-corrected chi connectivity index (χ4v) is 4.16. The van der Waals surface area contributed by atoms with Crippen LogP contribution in [0.1, 0.15) is 17.7 Å². The molecule has 0 fully saturated rings. The Hall–Kier alpha value is -2.75. The van der Waals surface area contributed by atoms with E-state index in [1.807, 2.05) is 36.6 Å². The van der Waals surface area contributed by atoms with E-state index in [0.717, 1.165) is 5.69 Å². The lowest BCUT2D eigenvalue weighted by molar-refractivity contribution is -0.144. The van der Waals surface area contributed by atoms with Crippen molar-refractivity contribution in [2.75, 3.05) is 11.9 Å². The Morgan fingerprint density at radius 2 is 1.83 bits per heavy atom. The molecule has 0 aliphatic carbocycles. The van der Waals surface area contributed by atoms with Crippen LogP contribution in [-0.4, -0.2) is 25.9 Å². The first kappa shape index (κ1) is 21.0. The highest BCUT2D eigenvalue weighted by Crippen LogP contribution is 2.21. The number of rotatable bonds is 9. The molecule has 0 amide bonds. The van der Waals surface area contributed by atoms with E-state index in [-0.39, 0.29) is 24.5 Å². The molecule has 29 heavy (non-hydrogen) atoms. The Kier molecular flexibility index (Phi) is 6.97. The van der Waals surface area contributed by atoms with Crippen LogP contribution in [0.5, 0.6) is 0 Å². The van der Waals surface area contributed by atoms with E-state index in [9.17, 15) is 13.2 Å². The third-order valence-electron chi connectivity index (χ3n) is 3.91. The van der Waals surface area contributed by atoms with Gasteiger partial charge in [0.25, 0.3) is 0 Å². The molecule has 3 rings (SSSR count). The van der Waals surface area contributed by atoms with E-state index in [1.165, 1.54) is 29.0 Å². The molecule has 7 nitrogen and oxygen atoms in total. The van der Waals surface area contributed by atoms with Gasteiger partial charge in [-0.25, -0.2) is 18.1 Å². The molecule has 0 bridgehead atoms. The van der Waals surface area contributed by atoms with E-state index in [2.05, 4.69) is 15.0 Å². The third-order valence-corrected chi connectivity index (χ3v) is 6.19. The summed E-state index contributed by atoms with van der Waals surface area (Å²) in [4.78, 5) is 16.4. The molecule has 0 saturated carbocycles. The quantitative estimate of drug-likeness (QED) is 0.503. The molecule has 152 valence electrons. The van der Waals surface area contributed by atoms with Gasteiger partial charge in [0.15, 0.2) is 5.13 Å². The van der Waals surface area contributed by atoms with Crippen molar-refractivity contribution in [2.45, 2.75) is 24.8 Å². The summed E-state index contributed by atoms with van der Waals surface area (Å²) in [5.41, 5.74) is 2.73. The smallest absolute Gasteiger partial charge is 0.307 e. The standard InChI is InChI=1S/C20H21N3O4S2/c1-15-7-9-16(10-8-15)22-20-23-17(14-28-20)13-27-19(24)11-12-21-29(25,26)18-5-3-2-4-6-18/h2-10,14,21H,11-13H2,1H3,(H,22,23). The SMILES string of the molecule is Cc1ccc(Nc2nc(COC(=O)CCNS(=O)(=O)c3ccccc3)cs2)cc1. The maximum absolute atomic E-state index is 12.1. The molecule has 0 aliphatic rings. The van der Waals surface area contributed by atoms with Crippen LogP contribution in [0.15, 0.2) is 64.9 Å². The maximum Gasteiger partial charge on any atom is 0.307 e. The number of benzene rings is 2. The Bertz CT molecular complexity index is 1050. The molecule has 2 aromatic carbocycles. The van der Waals surface area contributed by atoms with Crippen molar-refractivity contribution in [1.82, 2.24) is 9.71 Å². The van der Waals surface area contributed by atoms with Crippen molar-refractivity contribution in [3.05, 3.63) is 71.2 Å². The van der Waals surface area contributed by atoms with E-state index in [0.29, 0.717) is 10.8 Å². The topological polar surface area (TPSA) is 97.4 Å². The van der Waals surface area contributed by atoms with Gasteiger partial charge in [-0.1, -0.05) is 35.9 Å². The van der Waals surface area contributed by atoms with Gasteiger partial charge in [0.05, 0.1) is 17.0 Å². The van der Waals surface area contributed by atoms with Gasteiger partial charge in [-0.2, -0.15) is 0 Å². The molecule has 0 spiro atoms. The third kappa shape index (κ3) is 6.38. The summed E-state index contributed by atoms with van der Waals surface area (Å²) in [6, 6.07) is 15.9. The summed E-state index contributed by atoms with van der Waals surface area (Å²) < 4.78 is 31.7. The van der Waals surface area contributed by atoms with Crippen molar-refractivity contribution in [3.63, 3.8) is 0 Å². The van der Waals surface area contributed by atoms with Crippen molar-refractivity contribution < 1.29 is 17.9 Å². The van der Waals surface area contributed by atoms with E-state index in [1.54, 1.807) is 18.2 Å². The molecule has 1 aromatic heterocycles. The van der Waals surface area contributed by atoms with E-state index in [4.69, 9.17) is 4.74 Å². The monoisotopic (exact) mass is 431 g/mol. The number of sulfonamides is 1. The van der Waals surface area contributed by atoms with E-state index < -0.39 is 16.0 Å². The average molecular weight is 432 g/mol. The highest BCUT2D eigenvalue weighted by atomic mass is 32.2. The summed E-state index contributed by atoms with van der Waals surface area (Å²) in [6.07, 6.45) is -0.0648. The summed E-state index contributed by atoms with van der Waals surface area (Å²) in [5.74, 6) is -0.498. The van der Waals surface area contributed by atoms with Crippen LogP contribution in [0.4, 0.5) is 10.8 Å². The lowest BCUT2D eigenvalue weighted by Crippen LogP contribution is -2.26. The largest absolute Gasteiger partial charge is 0.459 e. The van der Waals surface area contributed by atoms with Gasteiger partial charge in [0.1, 0.15) is 6.61 Å². The molecule has 0 aliphatic heterocycles. The zero-order valence-electron chi connectivity index (χ0n) is 15.8. The summed E-state index contributed by atoms with van der Waals surface area (Å²) >= 11 is 1.41. The first-order valence-electron chi connectivity index (χ1n) is 8.91. The Morgan fingerprint density at radius 1 is 1.10 bits per heavy atom. The average Bonchev–Trinajstić information content (AvgIpc) is 3.16. The number of nitrogens with one attached hydrogen (secondary N) is 2. The minimum atomic E-state index is -3.63. The molecule has 3 aromatic rings. The van der Waals surface area contributed by atoms with Crippen LogP contribution in [0.25, 0.3) is 0 Å². The summed E-state index contributed by atoms with van der Waals surface area (Å²) in [6.45, 7) is 2.02. The first-order valence-corrected chi connectivity index (χ1v) is 11.3. The number of nitrogens with zero attached hydrogens (tertiary/aromatic N) is 1. The number of aromatic nitrogens is 1. The maximum atomic E-state index is 12.1. The Balaban J connectivity index is 1.42. The van der Waals surface area contributed by atoms with Crippen molar-refractivity contribution in [2.24, 2.45) is 0 Å². The molecule has 1 heterocycles. The molecule has 9 heteroatoms. The summed E-state index contributed by atoms with van der Waals surface area (Å²) in [7, 11) is -3.63. The van der Waals surface area contributed by atoms with Gasteiger partial charge < -0.3 is 10.1 Å². The number of aryl methyl sites for hydroxylation is 1. The molecule has 0 unspecified atom stereocenters. The van der Waals surface area contributed by atoms with Crippen LogP contribution in [-0.2, 0) is 26.2 Å². The highest BCUT2D eigenvalue weighted by Gasteiger charge is 2.14. The first-order chi connectivity index (χ1) is 13.9. The highest BCUT2D eigenvalue weighted by molar-refractivity contribution is 7.89. The van der Waals surface area contributed by atoms with Gasteiger partial charge in [-0.15, -0.1) is 11.3 Å². The fourth-order valence-electron chi connectivity index (χ4n) is 2.39. The lowest BCUT2D eigenvalue weighted by Gasteiger charge is -2.06. The van der Waals surface area contributed by atoms with E-state index >= 15 is 0 Å². The molecular formula is C20H21N3O4S2. The molecular weight excluding hydrogens is 410 g/mol. The number of hydrogen-bond acceptors (Lipinski definition) is 7. The molecule has 0 atom stereocenters. The van der Waals surface area contributed by atoms with Crippen molar-refractivity contribution in [3.8, 4) is 0 Å². The Morgan fingerprint density at radius 3 is 2.55 bits per heavy atom. The second kappa shape index (κ2) is 9.64. The van der Waals surface area contributed by atoms with Gasteiger partial charge in [-0.05, 0) is 31.2 Å². The second-order valence-corrected chi connectivity index (χ2v) is 8.88. The number of carbonyl (C=O) groups is 1. The lowest BCUT2D eigenvalue weighted by atomic mass is 10.2. The number of ether oxygens (including phenoxy) is 1. The number of anilines is 2. The second-order valence-electron chi connectivity index (χ2n) is 6.26. The van der Waals surface area contributed by atoms with Crippen molar-refractivity contribution in [1.29, 1.82) is 0 Å². The number of carbonyl (C=O) groups excluding carboxylic acids is 1. The molecule has 0 saturated heterocycles. The van der Waals surface area contributed by atoms with Crippen LogP contribution in [0, 0.1) is 6.92 Å². The summed E-state index contributed by atoms with van der Waals surface area (Å²) in [5, 5.41) is 5.71. The minimum absolute atomic E-state index is 0.0344. The van der Waals surface area contributed by atoms with Crippen molar-refractivity contribution >= 4 is 38.1 Å². The van der Waals surface area contributed by atoms with Crippen LogP contribution in [0.2, 0.25) is 0 Å². The van der Waals surface area contributed by atoms with Gasteiger partial charge in [0.2, 0.25) is 10.0 Å². The molecule has 2 N–H and O–H groups in total. The zero-order chi connectivity index (χ0) is 20.7. The fraction of sp³-hybridized carbons (Fsp3) is 0.200. The van der Waals surface area contributed by atoms with Gasteiger partial charge in [-0.3, -0.25) is 4.79 Å². The predicted octanol–water partition coefficient (Wildman–Crippen LogP) is 3.61. The zero-order valence-corrected chi connectivity index (χ0v) is 17.4. The number of esters is 1. The minimum Gasteiger partial charge on any atom is -0.459 e. The van der Waals surface area contributed by atoms with Crippen LogP contribution < -0.4 is 10.0 Å². The van der Waals surface area contributed by atoms with Crippen LogP contribution >= 0.6 is 11.3 Å². The Labute approximate surface area is 173 Å². The predicted molar refractivity (Wildman–Crippen MR) is 113 cm³/mol. The normalized spacial score (nSPS) is 11.2. The number of hydrogen-bond donors (Lipinski definition) is 2. The number of thiazole rings is 1.